The number of nitrogens with zero attached hydrogens (tertiary/aromatic N) is 2. The molecule has 1 aromatic heterocycles. The molecule has 3 rings (SSSR count). The first-order valence-corrected chi connectivity index (χ1v) is 8.42. The van der Waals surface area contributed by atoms with Gasteiger partial charge in [-0.2, -0.15) is 0 Å². The minimum absolute atomic E-state index is 0.218. The molecule has 6 heteroatoms. The fourth-order valence-electron chi connectivity index (χ4n) is 2.13. The second-order valence-electron chi connectivity index (χ2n) is 5.19. The number of carbonyl (C=O) groups excluding carboxylic acids is 1. The molecule has 0 saturated heterocycles. The zero-order valence-electron chi connectivity index (χ0n) is 13.4. The molecular weight excluding hydrogens is 322 g/mol. The van der Waals surface area contributed by atoms with Crippen LogP contribution in [-0.4, -0.2) is 22.7 Å². The van der Waals surface area contributed by atoms with Crippen molar-refractivity contribution in [1.29, 1.82) is 0 Å². The zero-order chi connectivity index (χ0) is 16.9. The number of amides is 1. The smallest absolute Gasteiger partial charge is 0.257 e. The largest absolute Gasteiger partial charge is 0.494 e. The lowest BCUT2D eigenvalue weighted by Crippen LogP contribution is -2.11. The second kappa shape index (κ2) is 7.23. The molecule has 0 aliphatic heterocycles. The Morgan fingerprint density at radius 3 is 2.46 bits per heavy atom. The van der Waals surface area contributed by atoms with E-state index in [0.717, 1.165) is 16.3 Å². The SMILES string of the molecule is CCOc1ccc(C(=O)Nc2nnc(-c3ccc(C)cc3)s2)cc1. The van der Waals surface area contributed by atoms with Crippen molar-refractivity contribution in [3.05, 3.63) is 59.7 Å². The van der Waals surface area contributed by atoms with E-state index in [9.17, 15) is 4.79 Å². The van der Waals surface area contributed by atoms with Gasteiger partial charge in [-0.05, 0) is 38.1 Å². The molecule has 24 heavy (non-hydrogen) atoms. The quantitative estimate of drug-likeness (QED) is 0.758. The normalized spacial score (nSPS) is 10.4. The van der Waals surface area contributed by atoms with Crippen LogP contribution in [0.1, 0.15) is 22.8 Å². The average Bonchev–Trinajstić information content (AvgIpc) is 3.05. The zero-order valence-corrected chi connectivity index (χ0v) is 14.3. The number of benzene rings is 2. The lowest BCUT2D eigenvalue weighted by atomic mass is 10.2. The van der Waals surface area contributed by atoms with Crippen LogP contribution in [0.15, 0.2) is 48.5 Å². The van der Waals surface area contributed by atoms with Gasteiger partial charge in [0.1, 0.15) is 10.8 Å². The molecule has 3 aromatic rings. The number of nitrogens with one attached hydrogen (secondary N) is 1. The molecule has 0 aliphatic carbocycles. The minimum Gasteiger partial charge on any atom is -0.494 e. The topological polar surface area (TPSA) is 64.1 Å². The van der Waals surface area contributed by atoms with Crippen molar-refractivity contribution in [3.63, 3.8) is 0 Å². The van der Waals surface area contributed by atoms with Gasteiger partial charge in [-0.25, -0.2) is 0 Å². The summed E-state index contributed by atoms with van der Waals surface area (Å²) in [4.78, 5) is 12.3. The van der Waals surface area contributed by atoms with Gasteiger partial charge in [-0.1, -0.05) is 41.2 Å². The van der Waals surface area contributed by atoms with Crippen LogP contribution in [0.2, 0.25) is 0 Å². The summed E-state index contributed by atoms with van der Waals surface area (Å²) in [6.07, 6.45) is 0. The van der Waals surface area contributed by atoms with E-state index >= 15 is 0 Å². The Morgan fingerprint density at radius 1 is 1.08 bits per heavy atom. The molecule has 0 atom stereocenters. The molecule has 0 radical (unpaired) electrons. The molecule has 5 nitrogen and oxygen atoms in total. The third kappa shape index (κ3) is 3.78. The Hall–Kier alpha value is -2.73. The van der Waals surface area contributed by atoms with Gasteiger partial charge in [0.15, 0.2) is 0 Å². The van der Waals surface area contributed by atoms with Crippen molar-refractivity contribution in [3.8, 4) is 16.3 Å². The first kappa shape index (κ1) is 16.1. The molecule has 0 bridgehead atoms. The standard InChI is InChI=1S/C18H17N3O2S/c1-3-23-15-10-8-13(9-11-15)16(22)19-18-21-20-17(24-18)14-6-4-12(2)5-7-14/h4-11H,3H2,1-2H3,(H,19,21,22). The Labute approximate surface area is 144 Å². The summed E-state index contributed by atoms with van der Waals surface area (Å²) < 4.78 is 5.37. The molecule has 1 amide bonds. The van der Waals surface area contributed by atoms with Gasteiger partial charge in [0.2, 0.25) is 5.13 Å². The van der Waals surface area contributed by atoms with E-state index in [0.29, 0.717) is 17.3 Å². The molecular formula is C18H17N3O2S. The van der Waals surface area contributed by atoms with Crippen LogP contribution >= 0.6 is 11.3 Å². The summed E-state index contributed by atoms with van der Waals surface area (Å²) in [6.45, 7) is 4.55. The van der Waals surface area contributed by atoms with E-state index < -0.39 is 0 Å². The predicted molar refractivity (Wildman–Crippen MR) is 95.6 cm³/mol. The highest BCUT2D eigenvalue weighted by atomic mass is 32.1. The molecule has 0 saturated carbocycles. The maximum atomic E-state index is 12.3. The van der Waals surface area contributed by atoms with E-state index in [-0.39, 0.29) is 5.91 Å². The maximum absolute atomic E-state index is 12.3. The summed E-state index contributed by atoms with van der Waals surface area (Å²) in [6, 6.07) is 15.0. The number of anilines is 1. The summed E-state index contributed by atoms with van der Waals surface area (Å²) >= 11 is 1.35. The lowest BCUT2D eigenvalue weighted by molar-refractivity contribution is 0.102. The molecule has 0 spiro atoms. The molecule has 0 aliphatic rings. The van der Waals surface area contributed by atoms with E-state index in [4.69, 9.17) is 4.74 Å². The number of aryl methyl sites for hydroxylation is 1. The number of rotatable bonds is 5. The predicted octanol–water partition coefficient (Wildman–Crippen LogP) is 4.16. The van der Waals surface area contributed by atoms with E-state index in [2.05, 4.69) is 15.5 Å². The number of carbonyl (C=O) groups is 1. The number of ether oxygens (including phenoxy) is 1. The van der Waals surface area contributed by atoms with Crippen LogP contribution in [-0.2, 0) is 0 Å². The molecule has 2 aromatic carbocycles. The van der Waals surface area contributed by atoms with Gasteiger partial charge in [0, 0.05) is 11.1 Å². The first-order chi connectivity index (χ1) is 11.7. The van der Waals surface area contributed by atoms with Gasteiger partial charge < -0.3 is 4.74 Å². The highest BCUT2D eigenvalue weighted by Crippen LogP contribution is 2.26. The van der Waals surface area contributed by atoms with E-state index in [1.807, 2.05) is 38.1 Å². The lowest BCUT2D eigenvalue weighted by Gasteiger charge is -2.04. The highest BCUT2D eigenvalue weighted by Gasteiger charge is 2.11. The van der Waals surface area contributed by atoms with Crippen molar-refractivity contribution < 1.29 is 9.53 Å². The Balaban J connectivity index is 1.69. The molecule has 0 fully saturated rings. The Morgan fingerprint density at radius 2 is 1.79 bits per heavy atom. The van der Waals surface area contributed by atoms with Crippen LogP contribution in [0.25, 0.3) is 10.6 Å². The highest BCUT2D eigenvalue weighted by molar-refractivity contribution is 7.18. The monoisotopic (exact) mass is 339 g/mol. The van der Waals surface area contributed by atoms with Gasteiger partial charge in [-0.3, -0.25) is 10.1 Å². The molecule has 0 unspecified atom stereocenters. The summed E-state index contributed by atoms with van der Waals surface area (Å²) in [7, 11) is 0. The van der Waals surface area contributed by atoms with Gasteiger partial charge >= 0.3 is 0 Å². The number of hydrogen-bond donors (Lipinski definition) is 1. The first-order valence-electron chi connectivity index (χ1n) is 7.60. The minimum atomic E-state index is -0.218. The summed E-state index contributed by atoms with van der Waals surface area (Å²) in [5.41, 5.74) is 2.72. The molecule has 1 N–H and O–H groups in total. The van der Waals surface area contributed by atoms with Crippen molar-refractivity contribution in [2.75, 3.05) is 11.9 Å². The third-order valence-corrected chi connectivity index (χ3v) is 4.26. The van der Waals surface area contributed by atoms with Gasteiger partial charge in [0.25, 0.3) is 5.91 Å². The van der Waals surface area contributed by atoms with Crippen molar-refractivity contribution >= 4 is 22.4 Å². The van der Waals surface area contributed by atoms with Crippen LogP contribution in [0.5, 0.6) is 5.75 Å². The molecule has 1 heterocycles. The molecule has 122 valence electrons. The number of aromatic nitrogens is 2. The Kier molecular flexibility index (Phi) is 4.86. The Bertz CT molecular complexity index is 826. The van der Waals surface area contributed by atoms with Crippen molar-refractivity contribution in [2.45, 2.75) is 13.8 Å². The van der Waals surface area contributed by atoms with E-state index in [1.54, 1.807) is 24.3 Å². The second-order valence-corrected chi connectivity index (χ2v) is 6.17. The fourth-order valence-corrected chi connectivity index (χ4v) is 2.87. The number of hydrogen-bond acceptors (Lipinski definition) is 5. The fraction of sp³-hybridized carbons (Fsp3) is 0.167. The van der Waals surface area contributed by atoms with Crippen LogP contribution < -0.4 is 10.1 Å². The van der Waals surface area contributed by atoms with Gasteiger partial charge in [0.05, 0.1) is 6.61 Å². The average molecular weight is 339 g/mol. The van der Waals surface area contributed by atoms with Crippen molar-refractivity contribution in [1.82, 2.24) is 10.2 Å². The van der Waals surface area contributed by atoms with E-state index in [1.165, 1.54) is 16.9 Å². The third-order valence-electron chi connectivity index (χ3n) is 3.37. The van der Waals surface area contributed by atoms with Crippen LogP contribution in [0.4, 0.5) is 5.13 Å². The van der Waals surface area contributed by atoms with Crippen LogP contribution in [0, 0.1) is 6.92 Å². The summed E-state index contributed by atoms with van der Waals surface area (Å²) in [5.74, 6) is 0.524. The van der Waals surface area contributed by atoms with Gasteiger partial charge in [-0.15, -0.1) is 10.2 Å². The maximum Gasteiger partial charge on any atom is 0.257 e. The van der Waals surface area contributed by atoms with Crippen LogP contribution in [0.3, 0.4) is 0 Å². The van der Waals surface area contributed by atoms with Crippen molar-refractivity contribution in [2.24, 2.45) is 0 Å². The summed E-state index contributed by atoms with van der Waals surface area (Å²) in [5, 5.41) is 12.2.